The molecule has 1 rings (SSSR count). The molecule has 0 aliphatic rings. The molecule has 0 aromatic carbocycles. The van der Waals surface area contributed by atoms with E-state index in [4.69, 9.17) is 5.73 Å². The molecule has 1 amide bonds. The quantitative estimate of drug-likeness (QED) is 0.707. The van der Waals surface area contributed by atoms with Crippen LogP contribution in [-0.4, -0.2) is 22.4 Å². The third-order valence-corrected chi connectivity index (χ3v) is 1.73. The number of thiocarbonyl (C=S) groups is 1. The van der Waals surface area contributed by atoms with Crippen LogP contribution in [0.5, 0.6) is 0 Å². The number of aromatic nitrogens is 1. The Bertz CT molecular complexity index is 365. The Morgan fingerprint density at radius 3 is 3.00 bits per heavy atom. The van der Waals surface area contributed by atoms with Gasteiger partial charge < -0.3 is 11.1 Å². The molecule has 14 heavy (non-hydrogen) atoms. The van der Waals surface area contributed by atoms with Gasteiger partial charge in [-0.05, 0) is 19.1 Å². The Morgan fingerprint density at radius 2 is 2.43 bits per heavy atom. The van der Waals surface area contributed by atoms with Crippen LogP contribution in [0, 0.1) is 6.92 Å². The molecular weight excluding hydrogens is 198 g/mol. The van der Waals surface area contributed by atoms with Crippen molar-refractivity contribution in [2.45, 2.75) is 6.92 Å². The molecule has 0 spiro atoms. The zero-order valence-corrected chi connectivity index (χ0v) is 8.60. The first-order chi connectivity index (χ1) is 6.59. The summed E-state index contributed by atoms with van der Waals surface area (Å²) in [6, 6.07) is 3.34. The molecule has 3 N–H and O–H groups in total. The van der Waals surface area contributed by atoms with Crippen LogP contribution >= 0.6 is 12.2 Å². The van der Waals surface area contributed by atoms with Gasteiger partial charge >= 0.3 is 0 Å². The van der Waals surface area contributed by atoms with Crippen LogP contribution < -0.4 is 11.1 Å². The molecule has 0 fully saturated rings. The molecule has 0 bridgehead atoms. The Morgan fingerprint density at radius 1 is 1.71 bits per heavy atom. The normalized spacial score (nSPS) is 9.50. The van der Waals surface area contributed by atoms with Crippen LogP contribution in [0.1, 0.15) is 16.1 Å². The third-order valence-electron chi connectivity index (χ3n) is 1.58. The van der Waals surface area contributed by atoms with Crippen molar-refractivity contribution in [1.29, 1.82) is 0 Å². The molecule has 0 saturated heterocycles. The van der Waals surface area contributed by atoms with Crippen molar-refractivity contribution in [3.63, 3.8) is 0 Å². The molecule has 0 radical (unpaired) electrons. The van der Waals surface area contributed by atoms with Gasteiger partial charge in [0.2, 0.25) is 0 Å². The van der Waals surface area contributed by atoms with E-state index in [9.17, 15) is 4.79 Å². The smallest absolute Gasteiger partial charge is 0.251 e. The monoisotopic (exact) mass is 209 g/mol. The molecule has 4 nitrogen and oxygen atoms in total. The minimum atomic E-state index is -0.191. The van der Waals surface area contributed by atoms with Gasteiger partial charge in [0, 0.05) is 17.5 Å². The second kappa shape index (κ2) is 4.66. The van der Waals surface area contributed by atoms with Crippen molar-refractivity contribution < 1.29 is 4.79 Å². The number of nitrogens with two attached hydrogens (primary N) is 1. The highest BCUT2D eigenvalue weighted by atomic mass is 32.1. The molecule has 74 valence electrons. The average Bonchev–Trinajstić information content (AvgIpc) is 2.14. The molecule has 0 aliphatic heterocycles. The SMILES string of the molecule is Cc1cc(C(=O)NCC(N)=S)ccn1. The minimum absolute atomic E-state index is 0.191. The topological polar surface area (TPSA) is 68.0 Å². The zero-order chi connectivity index (χ0) is 10.6. The summed E-state index contributed by atoms with van der Waals surface area (Å²) in [6.45, 7) is 2.04. The molecule has 0 unspecified atom stereocenters. The van der Waals surface area contributed by atoms with Gasteiger partial charge in [0.25, 0.3) is 5.91 Å². The highest BCUT2D eigenvalue weighted by Gasteiger charge is 2.04. The predicted molar refractivity (Wildman–Crippen MR) is 58.1 cm³/mol. The molecule has 5 heteroatoms. The number of aryl methyl sites for hydroxylation is 1. The highest BCUT2D eigenvalue weighted by Crippen LogP contribution is 1.99. The van der Waals surface area contributed by atoms with Crippen LogP contribution in [0.15, 0.2) is 18.3 Å². The molecule has 0 saturated carbocycles. The summed E-state index contributed by atoms with van der Waals surface area (Å²) in [5.41, 5.74) is 6.62. The van der Waals surface area contributed by atoms with Gasteiger partial charge in [-0.3, -0.25) is 9.78 Å². The first kappa shape index (κ1) is 10.6. The molecule has 1 heterocycles. The number of hydrogen-bond acceptors (Lipinski definition) is 3. The van der Waals surface area contributed by atoms with Crippen molar-refractivity contribution >= 4 is 23.1 Å². The van der Waals surface area contributed by atoms with Crippen molar-refractivity contribution in [3.8, 4) is 0 Å². The number of nitrogens with one attached hydrogen (secondary N) is 1. The van der Waals surface area contributed by atoms with E-state index in [-0.39, 0.29) is 17.4 Å². The van der Waals surface area contributed by atoms with Crippen molar-refractivity contribution in [1.82, 2.24) is 10.3 Å². The largest absolute Gasteiger partial charge is 0.392 e. The summed E-state index contributed by atoms with van der Waals surface area (Å²) in [7, 11) is 0. The first-order valence-electron chi connectivity index (χ1n) is 4.09. The number of hydrogen-bond donors (Lipinski definition) is 2. The van der Waals surface area contributed by atoms with E-state index in [0.717, 1.165) is 5.69 Å². The van der Waals surface area contributed by atoms with Crippen LogP contribution in [-0.2, 0) is 0 Å². The summed E-state index contributed by atoms with van der Waals surface area (Å²) in [5.74, 6) is -0.191. The number of nitrogens with zero attached hydrogens (tertiary/aromatic N) is 1. The third kappa shape index (κ3) is 3.10. The zero-order valence-electron chi connectivity index (χ0n) is 7.78. The van der Waals surface area contributed by atoms with Crippen molar-refractivity contribution in [2.24, 2.45) is 5.73 Å². The fourth-order valence-electron chi connectivity index (χ4n) is 0.956. The summed E-state index contributed by atoms with van der Waals surface area (Å²) < 4.78 is 0. The maximum atomic E-state index is 11.4. The average molecular weight is 209 g/mol. The fourth-order valence-corrected chi connectivity index (χ4v) is 1.03. The van der Waals surface area contributed by atoms with E-state index >= 15 is 0 Å². The standard InChI is InChI=1S/C9H11N3OS/c1-6-4-7(2-3-11-6)9(13)12-5-8(10)14/h2-4H,5H2,1H3,(H2,10,14)(H,12,13). The van der Waals surface area contributed by atoms with E-state index in [2.05, 4.69) is 22.5 Å². The lowest BCUT2D eigenvalue weighted by Gasteiger charge is -2.03. The summed E-state index contributed by atoms with van der Waals surface area (Å²) in [5, 5.41) is 2.59. The number of carbonyl (C=O) groups excluding carboxylic acids is 1. The van der Waals surface area contributed by atoms with Crippen LogP contribution in [0.2, 0.25) is 0 Å². The molecule has 0 aliphatic carbocycles. The Labute approximate surface area is 87.5 Å². The number of carbonyl (C=O) groups is 1. The number of rotatable bonds is 3. The minimum Gasteiger partial charge on any atom is -0.392 e. The maximum Gasteiger partial charge on any atom is 0.251 e. The van der Waals surface area contributed by atoms with Gasteiger partial charge in [-0.2, -0.15) is 0 Å². The lowest BCUT2D eigenvalue weighted by Crippen LogP contribution is -2.32. The van der Waals surface area contributed by atoms with E-state index in [1.807, 2.05) is 6.92 Å². The summed E-state index contributed by atoms with van der Waals surface area (Å²) in [6.07, 6.45) is 1.59. The Balaban J connectivity index is 2.65. The van der Waals surface area contributed by atoms with Crippen molar-refractivity contribution in [2.75, 3.05) is 6.54 Å². The second-order valence-electron chi connectivity index (χ2n) is 2.83. The molecular formula is C9H11N3OS. The van der Waals surface area contributed by atoms with Crippen LogP contribution in [0.3, 0.4) is 0 Å². The van der Waals surface area contributed by atoms with Gasteiger partial charge in [0.15, 0.2) is 0 Å². The van der Waals surface area contributed by atoms with E-state index in [1.165, 1.54) is 0 Å². The van der Waals surface area contributed by atoms with Crippen LogP contribution in [0.25, 0.3) is 0 Å². The highest BCUT2D eigenvalue weighted by molar-refractivity contribution is 7.80. The summed E-state index contributed by atoms with van der Waals surface area (Å²) in [4.78, 5) is 15.7. The van der Waals surface area contributed by atoms with Gasteiger partial charge in [-0.15, -0.1) is 0 Å². The fraction of sp³-hybridized carbons (Fsp3) is 0.222. The predicted octanol–water partition coefficient (Wildman–Crippen LogP) is 0.406. The molecule has 0 atom stereocenters. The lowest BCUT2D eigenvalue weighted by molar-refractivity contribution is 0.0959. The first-order valence-corrected chi connectivity index (χ1v) is 4.49. The molecule has 1 aromatic heterocycles. The molecule has 1 aromatic rings. The number of amides is 1. The Kier molecular flexibility index (Phi) is 3.53. The summed E-state index contributed by atoms with van der Waals surface area (Å²) >= 11 is 4.64. The lowest BCUT2D eigenvalue weighted by atomic mass is 10.2. The van der Waals surface area contributed by atoms with E-state index < -0.39 is 0 Å². The maximum absolute atomic E-state index is 11.4. The van der Waals surface area contributed by atoms with E-state index in [0.29, 0.717) is 5.56 Å². The Hall–Kier alpha value is -1.49. The van der Waals surface area contributed by atoms with Gasteiger partial charge in [-0.25, -0.2) is 0 Å². The van der Waals surface area contributed by atoms with Gasteiger partial charge in [0.1, 0.15) is 0 Å². The van der Waals surface area contributed by atoms with Gasteiger partial charge in [0.05, 0.1) is 11.5 Å². The number of pyridine rings is 1. The van der Waals surface area contributed by atoms with E-state index in [1.54, 1.807) is 18.3 Å². The van der Waals surface area contributed by atoms with Crippen LogP contribution in [0.4, 0.5) is 0 Å². The van der Waals surface area contributed by atoms with Gasteiger partial charge in [-0.1, -0.05) is 12.2 Å². The van der Waals surface area contributed by atoms with Crippen molar-refractivity contribution in [3.05, 3.63) is 29.6 Å². The second-order valence-corrected chi connectivity index (χ2v) is 3.36.